The van der Waals surface area contributed by atoms with E-state index in [2.05, 4.69) is 193 Å². The molecule has 0 fully saturated rings. The summed E-state index contributed by atoms with van der Waals surface area (Å²) in [4.78, 5) is 15.9. The molecule has 0 N–H and O–H groups in total. The van der Waals surface area contributed by atoms with Crippen molar-refractivity contribution in [2.24, 2.45) is 5.41 Å². The predicted octanol–water partition coefficient (Wildman–Crippen LogP) is 15.2. The van der Waals surface area contributed by atoms with Crippen LogP contribution in [0, 0.1) is 24.5 Å². The summed E-state index contributed by atoms with van der Waals surface area (Å²) in [6.07, 6.45) is 3.24. The zero-order chi connectivity index (χ0) is 43.9. The van der Waals surface area contributed by atoms with Gasteiger partial charge in [-0.25, -0.2) is 4.98 Å². The molecule has 1 radical (unpaired) electrons. The number of hydrogen-bond donors (Lipinski definition) is 0. The van der Waals surface area contributed by atoms with Gasteiger partial charge in [-0.3, -0.25) is 4.98 Å². The maximum Gasteiger partial charge on any atom is 0.113 e. The van der Waals surface area contributed by atoms with Gasteiger partial charge in [0.1, 0.15) is 4.83 Å². The number of aryl methyl sites for hydroxylation is 1. The van der Waals surface area contributed by atoms with Gasteiger partial charge in [0.15, 0.2) is 0 Å². The van der Waals surface area contributed by atoms with Crippen LogP contribution in [0.25, 0.3) is 70.8 Å². The van der Waals surface area contributed by atoms with Gasteiger partial charge in [-0.05, 0) is 81.4 Å². The Morgan fingerprint density at radius 2 is 1.40 bits per heavy atom. The first-order valence-corrected chi connectivity index (χ1v) is 30.1. The molecule has 7 heteroatoms. The molecular formula is C56H58GeIrN4S-2. The number of nitrogens with zero attached hydrogens (tertiary/aromatic N) is 4. The van der Waals surface area contributed by atoms with Gasteiger partial charge in [-0.1, -0.05) is 87.2 Å². The van der Waals surface area contributed by atoms with Crippen LogP contribution in [0.4, 0.5) is 0 Å². The third-order valence-corrected chi connectivity index (χ3v) is 16.9. The van der Waals surface area contributed by atoms with Crippen LogP contribution in [0.2, 0.25) is 17.3 Å². The molecule has 0 aliphatic rings. The van der Waals surface area contributed by atoms with Crippen molar-refractivity contribution in [3.63, 3.8) is 0 Å². The fourth-order valence-corrected chi connectivity index (χ4v) is 13.0. The number of pyridine rings is 2. The first-order valence-electron chi connectivity index (χ1n) is 22.0. The Morgan fingerprint density at radius 3 is 2.05 bits per heavy atom. The van der Waals surface area contributed by atoms with Crippen LogP contribution in [0.1, 0.15) is 82.7 Å². The van der Waals surface area contributed by atoms with Gasteiger partial charge in [0.2, 0.25) is 0 Å². The molecule has 63 heavy (non-hydrogen) atoms. The summed E-state index contributed by atoms with van der Waals surface area (Å²) in [5, 5.41) is 2.39. The molecule has 0 aliphatic carbocycles. The Labute approximate surface area is 395 Å². The number of benzene rings is 5. The molecule has 4 aromatic heterocycles. The van der Waals surface area contributed by atoms with E-state index in [0.717, 1.165) is 50.6 Å². The largest absolute Gasteiger partial charge is 0.333 e. The Bertz CT molecular complexity index is 3000. The number of imidazole rings is 1. The summed E-state index contributed by atoms with van der Waals surface area (Å²) in [7, 11) is 0. The second kappa shape index (κ2) is 18.8. The number of para-hydroxylation sites is 2. The molecule has 0 unspecified atom stereocenters. The van der Waals surface area contributed by atoms with Gasteiger partial charge in [0.05, 0.1) is 16.9 Å². The van der Waals surface area contributed by atoms with Gasteiger partial charge in [0.25, 0.3) is 0 Å². The molecular weight excluding hydrogens is 1030 g/mol. The van der Waals surface area contributed by atoms with E-state index >= 15 is 0 Å². The molecule has 9 aromatic rings. The van der Waals surface area contributed by atoms with Crippen molar-refractivity contribution in [2.75, 3.05) is 0 Å². The molecule has 0 amide bonds. The van der Waals surface area contributed by atoms with E-state index in [9.17, 15) is 0 Å². The van der Waals surface area contributed by atoms with E-state index in [1.165, 1.54) is 53.4 Å². The molecule has 9 rings (SSSR count). The monoisotopic (exact) mass is 1090 g/mol. The van der Waals surface area contributed by atoms with Gasteiger partial charge in [-0.15, -0.1) is 18.2 Å². The summed E-state index contributed by atoms with van der Waals surface area (Å²) in [5.41, 5.74) is 14.4. The van der Waals surface area contributed by atoms with Crippen molar-refractivity contribution in [1.82, 2.24) is 19.5 Å². The van der Waals surface area contributed by atoms with E-state index in [-0.39, 0.29) is 20.1 Å². The molecule has 0 saturated heterocycles. The zero-order valence-electron chi connectivity index (χ0n) is 38.5. The van der Waals surface area contributed by atoms with Crippen LogP contribution < -0.4 is 4.40 Å². The smallest absolute Gasteiger partial charge is 0.113 e. The summed E-state index contributed by atoms with van der Waals surface area (Å²) < 4.78 is 5.11. The van der Waals surface area contributed by atoms with Crippen molar-refractivity contribution in [1.29, 1.82) is 0 Å². The molecule has 5 aromatic carbocycles. The van der Waals surface area contributed by atoms with Crippen molar-refractivity contribution >= 4 is 60.3 Å². The van der Waals surface area contributed by atoms with Crippen LogP contribution in [-0.4, -0.2) is 32.8 Å². The summed E-state index contributed by atoms with van der Waals surface area (Å²) in [5.74, 6) is 8.89. The Morgan fingerprint density at radius 1 is 0.714 bits per heavy atom. The predicted molar refractivity (Wildman–Crippen MR) is 269 cm³/mol. The molecule has 0 saturated carbocycles. The fourth-order valence-electron chi connectivity index (χ4n) is 8.51. The topological polar surface area (TPSA) is 43.6 Å². The molecule has 0 bridgehead atoms. The van der Waals surface area contributed by atoms with Crippen molar-refractivity contribution in [2.45, 2.75) is 90.9 Å². The van der Waals surface area contributed by atoms with Crippen LogP contribution in [0.15, 0.2) is 128 Å². The molecule has 0 atom stereocenters. The number of thiophene rings is 1. The minimum atomic E-state index is -1.90. The first kappa shape index (κ1) is 46.3. The minimum Gasteiger partial charge on any atom is -0.333 e. The van der Waals surface area contributed by atoms with Crippen molar-refractivity contribution in [3.8, 4) is 39.5 Å². The normalized spacial score (nSPS) is 12.0. The van der Waals surface area contributed by atoms with Crippen LogP contribution >= 0.6 is 11.3 Å². The third kappa shape index (κ3) is 9.85. The average molecular weight is 1080 g/mol. The van der Waals surface area contributed by atoms with Crippen LogP contribution in [-0.2, 0) is 26.5 Å². The van der Waals surface area contributed by atoms with Gasteiger partial charge in [-0.2, -0.15) is 11.3 Å². The molecule has 0 spiro atoms. The molecule has 323 valence electrons. The van der Waals surface area contributed by atoms with E-state index < -0.39 is 13.3 Å². The SMILES string of the molecule is CC(C)(C)Cc1cc(-c2[c-]cccc2)nc[c]1[Ge]([CH3])([CH3])[CH3].Cc1ccc2c(n1)sc1c(-c3nc4ccccc4n3-c3c(C(C)C)cc(-c4ccccc4)cc3C(C)C)[c-]ccc12.[Ir]. The fraction of sp³-hybridized carbons (Fsp3) is 0.268. The van der Waals surface area contributed by atoms with Crippen LogP contribution in [0.3, 0.4) is 0 Å². The van der Waals surface area contributed by atoms with Crippen LogP contribution in [0.5, 0.6) is 0 Å². The Balaban J connectivity index is 0.000000229. The minimum absolute atomic E-state index is 0. The van der Waals surface area contributed by atoms with Gasteiger partial charge >= 0.3 is 132 Å². The maximum absolute atomic E-state index is 5.30. The van der Waals surface area contributed by atoms with Gasteiger partial charge < -0.3 is 4.57 Å². The zero-order valence-corrected chi connectivity index (χ0v) is 43.8. The molecule has 4 nitrogen and oxygen atoms in total. The van der Waals surface area contributed by atoms with E-state index in [0.29, 0.717) is 17.3 Å². The number of fused-ring (bicyclic) bond motifs is 4. The second-order valence-electron chi connectivity index (χ2n) is 19.4. The number of rotatable bonds is 8. The summed E-state index contributed by atoms with van der Waals surface area (Å²) in [6.45, 7) is 18.2. The maximum atomic E-state index is 5.30. The third-order valence-electron chi connectivity index (χ3n) is 11.5. The Hall–Kier alpha value is -4.72. The molecule has 0 aliphatic heterocycles. The van der Waals surface area contributed by atoms with Crippen molar-refractivity contribution < 1.29 is 20.1 Å². The van der Waals surface area contributed by atoms with E-state index in [1.807, 2.05) is 24.3 Å². The van der Waals surface area contributed by atoms with E-state index in [4.69, 9.17) is 15.0 Å². The van der Waals surface area contributed by atoms with Crippen molar-refractivity contribution in [3.05, 3.63) is 162 Å². The summed E-state index contributed by atoms with van der Waals surface area (Å²) in [6, 6.07) is 49.8. The van der Waals surface area contributed by atoms with E-state index in [1.54, 1.807) is 11.3 Å². The first-order chi connectivity index (χ1) is 29.6. The standard InChI is InChI=1S/C37H32N3S.C19H26GeN.Ir/c1-22(2)30-20-26(25-12-7-6-8-13-25)21-31(23(3)4)34(30)40-33-17-10-9-16-32(33)39-36(40)29-15-11-14-27-28-19-18-24(5)38-37(28)41-35(27)29;1-19(2,3)13-16-12-18(15-10-8-7-9-11-15)21-14-17(16)20(4,5)6;/h6-14,16-23H,1-5H3;7-10,12,14H,13H2,1-6H3;/q2*-1;. The second-order valence-corrected chi connectivity index (χ2v) is 31.0. The Kier molecular flexibility index (Phi) is 13.8. The summed E-state index contributed by atoms with van der Waals surface area (Å²) >= 11 is -0.160. The quantitative estimate of drug-likeness (QED) is 0.112. The van der Waals surface area contributed by atoms with Gasteiger partial charge in [0, 0.05) is 31.5 Å². The number of hydrogen-bond acceptors (Lipinski definition) is 4. The number of aromatic nitrogens is 4. The average Bonchev–Trinajstić information content (AvgIpc) is 3.81. The molecule has 4 heterocycles.